The van der Waals surface area contributed by atoms with Crippen LogP contribution < -0.4 is 5.32 Å². The Labute approximate surface area is 182 Å². The van der Waals surface area contributed by atoms with E-state index in [4.69, 9.17) is 11.6 Å². The van der Waals surface area contributed by atoms with Crippen LogP contribution in [0.2, 0.25) is 5.02 Å². The number of aromatic amines is 1. The molecule has 1 aromatic heterocycles. The fraction of sp³-hybridized carbons (Fsp3) is 0.0435. The second-order valence-electron chi connectivity index (χ2n) is 6.92. The number of carbonyl (C=O) groups is 1. The van der Waals surface area contributed by atoms with Gasteiger partial charge in [0.05, 0.1) is 16.0 Å². The summed E-state index contributed by atoms with van der Waals surface area (Å²) in [6, 6.07) is 17.8. The van der Waals surface area contributed by atoms with Crippen LogP contribution in [-0.2, 0) is 4.79 Å². The zero-order chi connectivity index (χ0) is 22.0. The van der Waals surface area contributed by atoms with Crippen molar-refractivity contribution in [1.29, 1.82) is 0 Å². The highest BCUT2D eigenvalue weighted by atomic mass is 35.5. The topological polar surface area (TPSA) is 101 Å². The maximum absolute atomic E-state index is 12.4. The molecule has 0 radical (unpaired) electrons. The SMILES string of the molecule is Cc1ccc(-c2nc3ccccc3[nH]2)cc1NC(=O)C=Cc1ccc(Cl)c([N+](=O)[O-])c1. The van der Waals surface area contributed by atoms with Gasteiger partial charge in [-0.3, -0.25) is 14.9 Å². The Morgan fingerprint density at radius 1 is 1.16 bits per heavy atom. The van der Waals surface area contributed by atoms with Gasteiger partial charge in [0.1, 0.15) is 10.8 Å². The van der Waals surface area contributed by atoms with Gasteiger partial charge in [-0.05, 0) is 48.4 Å². The Kier molecular flexibility index (Phi) is 5.51. The van der Waals surface area contributed by atoms with Gasteiger partial charge in [-0.2, -0.15) is 0 Å². The summed E-state index contributed by atoms with van der Waals surface area (Å²) in [4.78, 5) is 30.7. The molecule has 4 rings (SSSR count). The Balaban J connectivity index is 1.54. The highest BCUT2D eigenvalue weighted by molar-refractivity contribution is 6.32. The molecule has 0 bridgehead atoms. The van der Waals surface area contributed by atoms with E-state index in [0.717, 1.165) is 22.2 Å². The van der Waals surface area contributed by atoms with Crippen LogP contribution >= 0.6 is 11.6 Å². The van der Waals surface area contributed by atoms with Crippen LogP contribution in [0.1, 0.15) is 11.1 Å². The van der Waals surface area contributed by atoms with E-state index in [1.807, 2.05) is 49.4 Å². The van der Waals surface area contributed by atoms with Gasteiger partial charge in [-0.1, -0.05) is 41.9 Å². The molecule has 0 atom stereocenters. The molecular weight excluding hydrogens is 416 g/mol. The number of hydrogen-bond acceptors (Lipinski definition) is 4. The third-order valence-corrected chi connectivity index (χ3v) is 5.07. The number of imidazole rings is 1. The molecule has 0 saturated carbocycles. The summed E-state index contributed by atoms with van der Waals surface area (Å²) in [6.07, 6.45) is 2.82. The smallest absolute Gasteiger partial charge is 0.288 e. The van der Waals surface area contributed by atoms with E-state index in [-0.39, 0.29) is 16.6 Å². The summed E-state index contributed by atoms with van der Waals surface area (Å²) in [5, 5.41) is 13.9. The molecule has 0 aliphatic heterocycles. The van der Waals surface area contributed by atoms with Crippen molar-refractivity contribution < 1.29 is 9.72 Å². The van der Waals surface area contributed by atoms with Crippen molar-refractivity contribution in [3.8, 4) is 11.4 Å². The number of anilines is 1. The number of rotatable bonds is 5. The first-order valence-corrected chi connectivity index (χ1v) is 9.77. The number of nitro benzene ring substituents is 1. The zero-order valence-electron chi connectivity index (χ0n) is 16.4. The number of nitro groups is 1. The first-order chi connectivity index (χ1) is 14.9. The highest BCUT2D eigenvalue weighted by Crippen LogP contribution is 2.27. The van der Waals surface area contributed by atoms with E-state index < -0.39 is 4.92 Å². The number of para-hydroxylation sites is 2. The lowest BCUT2D eigenvalue weighted by atomic mass is 10.1. The number of aromatic nitrogens is 2. The maximum atomic E-state index is 12.4. The molecule has 1 amide bonds. The summed E-state index contributed by atoms with van der Waals surface area (Å²) < 4.78 is 0. The molecule has 0 saturated heterocycles. The average molecular weight is 433 g/mol. The number of nitrogens with zero attached hydrogens (tertiary/aromatic N) is 2. The van der Waals surface area contributed by atoms with Crippen molar-refractivity contribution in [3.63, 3.8) is 0 Å². The van der Waals surface area contributed by atoms with E-state index in [9.17, 15) is 14.9 Å². The highest BCUT2D eigenvalue weighted by Gasteiger charge is 2.12. The van der Waals surface area contributed by atoms with Crippen molar-refractivity contribution in [2.75, 3.05) is 5.32 Å². The van der Waals surface area contributed by atoms with Gasteiger partial charge in [0.25, 0.3) is 5.69 Å². The molecule has 31 heavy (non-hydrogen) atoms. The molecule has 0 aliphatic carbocycles. The number of aryl methyl sites for hydroxylation is 1. The van der Waals surface area contributed by atoms with Gasteiger partial charge < -0.3 is 10.3 Å². The van der Waals surface area contributed by atoms with E-state index in [1.165, 1.54) is 24.3 Å². The summed E-state index contributed by atoms with van der Waals surface area (Å²) in [5.74, 6) is 0.350. The van der Waals surface area contributed by atoms with Crippen LogP contribution in [0.25, 0.3) is 28.5 Å². The zero-order valence-corrected chi connectivity index (χ0v) is 17.2. The number of nitrogens with one attached hydrogen (secondary N) is 2. The number of hydrogen-bond donors (Lipinski definition) is 2. The predicted octanol–water partition coefficient (Wildman–Crippen LogP) is 5.75. The van der Waals surface area contributed by atoms with Crippen LogP contribution in [0.15, 0.2) is 66.7 Å². The van der Waals surface area contributed by atoms with Crippen molar-refractivity contribution in [2.24, 2.45) is 0 Å². The van der Waals surface area contributed by atoms with Crippen LogP contribution in [-0.4, -0.2) is 20.8 Å². The molecule has 7 nitrogen and oxygen atoms in total. The van der Waals surface area contributed by atoms with Crippen molar-refractivity contribution in [3.05, 3.63) is 93.0 Å². The van der Waals surface area contributed by atoms with Gasteiger partial charge >= 0.3 is 0 Å². The summed E-state index contributed by atoms with van der Waals surface area (Å²) in [6.45, 7) is 1.89. The van der Waals surface area contributed by atoms with Gasteiger partial charge in [0.15, 0.2) is 0 Å². The molecule has 3 aromatic carbocycles. The molecule has 0 unspecified atom stereocenters. The lowest BCUT2D eigenvalue weighted by Crippen LogP contribution is -2.09. The Morgan fingerprint density at radius 3 is 2.74 bits per heavy atom. The lowest BCUT2D eigenvalue weighted by Gasteiger charge is -2.08. The Bertz CT molecular complexity index is 1310. The van der Waals surface area contributed by atoms with Gasteiger partial charge in [-0.15, -0.1) is 0 Å². The largest absolute Gasteiger partial charge is 0.338 e. The molecule has 154 valence electrons. The third kappa shape index (κ3) is 4.46. The fourth-order valence-electron chi connectivity index (χ4n) is 3.11. The monoisotopic (exact) mass is 432 g/mol. The van der Waals surface area contributed by atoms with E-state index in [1.54, 1.807) is 6.07 Å². The molecule has 0 fully saturated rings. The second-order valence-corrected chi connectivity index (χ2v) is 7.33. The second kappa shape index (κ2) is 8.41. The maximum Gasteiger partial charge on any atom is 0.288 e. The van der Waals surface area contributed by atoms with Gasteiger partial charge in [0, 0.05) is 23.4 Å². The van der Waals surface area contributed by atoms with E-state index >= 15 is 0 Å². The molecule has 2 N–H and O–H groups in total. The lowest BCUT2D eigenvalue weighted by molar-refractivity contribution is -0.384. The van der Waals surface area contributed by atoms with Gasteiger partial charge in [0.2, 0.25) is 5.91 Å². The van der Waals surface area contributed by atoms with Crippen LogP contribution in [0, 0.1) is 17.0 Å². The summed E-state index contributed by atoms with van der Waals surface area (Å²) >= 11 is 5.82. The first-order valence-electron chi connectivity index (χ1n) is 9.39. The summed E-state index contributed by atoms with van der Waals surface area (Å²) in [7, 11) is 0. The number of benzene rings is 3. The van der Waals surface area contributed by atoms with Crippen molar-refractivity contribution in [1.82, 2.24) is 9.97 Å². The van der Waals surface area contributed by atoms with Crippen molar-refractivity contribution in [2.45, 2.75) is 6.92 Å². The molecule has 1 heterocycles. The minimum atomic E-state index is -0.563. The van der Waals surface area contributed by atoms with Crippen LogP contribution in [0.4, 0.5) is 11.4 Å². The number of fused-ring (bicyclic) bond motifs is 1. The Hall–Kier alpha value is -3.97. The fourth-order valence-corrected chi connectivity index (χ4v) is 3.30. The number of carbonyl (C=O) groups excluding carboxylic acids is 1. The normalized spacial score (nSPS) is 11.2. The molecule has 0 spiro atoms. The summed E-state index contributed by atoms with van der Waals surface area (Å²) in [5.41, 5.74) is 4.47. The number of amides is 1. The molecular formula is C23H17ClN4O3. The van der Waals surface area contributed by atoms with Crippen molar-refractivity contribution >= 4 is 46.0 Å². The quantitative estimate of drug-likeness (QED) is 0.238. The van der Waals surface area contributed by atoms with Crippen LogP contribution in [0.5, 0.6) is 0 Å². The van der Waals surface area contributed by atoms with E-state index in [0.29, 0.717) is 17.1 Å². The molecule has 4 aromatic rings. The van der Waals surface area contributed by atoms with Crippen LogP contribution in [0.3, 0.4) is 0 Å². The third-order valence-electron chi connectivity index (χ3n) is 4.75. The average Bonchev–Trinajstić information content (AvgIpc) is 3.19. The number of halogens is 1. The predicted molar refractivity (Wildman–Crippen MR) is 122 cm³/mol. The van der Waals surface area contributed by atoms with Gasteiger partial charge in [-0.25, -0.2) is 4.98 Å². The number of H-pyrrole nitrogens is 1. The standard InChI is InChI=1S/C23H17ClN4O3/c1-14-6-9-16(23-26-18-4-2-3-5-19(18)27-23)13-20(14)25-22(29)11-8-15-7-10-17(24)21(12-15)28(30)31/h2-13H,1H3,(H,25,29)(H,26,27). The van der Waals surface area contributed by atoms with E-state index in [2.05, 4.69) is 15.3 Å². The molecule has 8 heteroatoms. The molecule has 0 aliphatic rings. The Morgan fingerprint density at radius 2 is 1.97 bits per heavy atom. The minimum absolute atomic E-state index is 0.0460. The minimum Gasteiger partial charge on any atom is -0.338 e. The first kappa shape index (κ1) is 20.3.